The van der Waals surface area contributed by atoms with Crippen LogP contribution in [-0.4, -0.2) is 52.4 Å². The van der Waals surface area contributed by atoms with Crippen LogP contribution in [0.3, 0.4) is 0 Å². The Kier molecular flexibility index (Phi) is 4.14. The van der Waals surface area contributed by atoms with E-state index >= 15 is 0 Å². The van der Waals surface area contributed by atoms with Crippen LogP contribution in [0, 0.1) is 0 Å². The van der Waals surface area contributed by atoms with Crippen LogP contribution in [0.4, 0.5) is 16.3 Å². The number of nitrogen functional groups attached to an aromatic ring is 1. The number of benzene rings is 1. The summed E-state index contributed by atoms with van der Waals surface area (Å²) < 4.78 is 0. The Hall–Kier alpha value is -2.25. The molecule has 3 rings (SSSR count). The van der Waals surface area contributed by atoms with E-state index in [1.807, 2.05) is 4.90 Å². The first-order valence-corrected chi connectivity index (χ1v) is 7.60. The number of hydrogen-bond acceptors (Lipinski definition) is 5. The van der Waals surface area contributed by atoms with Crippen molar-refractivity contribution in [3.63, 3.8) is 0 Å². The molecule has 0 spiro atoms. The van der Waals surface area contributed by atoms with Gasteiger partial charge in [0.15, 0.2) is 5.82 Å². The van der Waals surface area contributed by atoms with Crippen molar-refractivity contribution in [1.29, 1.82) is 0 Å². The van der Waals surface area contributed by atoms with E-state index in [4.69, 9.17) is 22.4 Å². The van der Waals surface area contributed by atoms with E-state index in [1.54, 1.807) is 18.2 Å². The molecule has 4 N–H and O–H groups in total. The third-order valence-electron chi connectivity index (χ3n) is 4.08. The second-order valence-corrected chi connectivity index (χ2v) is 5.84. The van der Waals surface area contributed by atoms with Gasteiger partial charge in [0.1, 0.15) is 0 Å². The fourth-order valence-corrected chi connectivity index (χ4v) is 2.99. The molecule has 0 aliphatic carbocycles. The highest BCUT2D eigenvalue weighted by Gasteiger charge is 2.24. The van der Waals surface area contributed by atoms with E-state index in [9.17, 15) is 9.90 Å². The number of nitrogens with zero attached hydrogens (tertiary/aromatic N) is 3. The summed E-state index contributed by atoms with van der Waals surface area (Å²) in [7, 11) is 0. The highest BCUT2D eigenvalue weighted by Crippen LogP contribution is 2.33. The second-order valence-electron chi connectivity index (χ2n) is 5.40. The molecular formula is C15H17ClN4O3. The molecule has 122 valence electrons. The number of rotatable bonds is 2. The van der Waals surface area contributed by atoms with Gasteiger partial charge >= 0.3 is 6.09 Å². The maximum atomic E-state index is 11.0. The van der Waals surface area contributed by atoms with E-state index in [1.165, 1.54) is 4.90 Å². The van der Waals surface area contributed by atoms with E-state index in [-0.39, 0.29) is 6.61 Å². The number of pyridine rings is 1. The molecule has 0 atom stereocenters. The van der Waals surface area contributed by atoms with Crippen LogP contribution in [-0.2, 0) is 6.61 Å². The van der Waals surface area contributed by atoms with Crippen LogP contribution in [0.25, 0.3) is 10.9 Å². The van der Waals surface area contributed by atoms with Crippen LogP contribution >= 0.6 is 11.6 Å². The maximum Gasteiger partial charge on any atom is 0.407 e. The third-order valence-corrected chi connectivity index (χ3v) is 4.32. The molecule has 7 nitrogen and oxygen atoms in total. The molecule has 8 heteroatoms. The Bertz CT molecular complexity index is 760. The Balaban J connectivity index is 2.00. The predicted octanol–water partition coefficient (Wildman–Crippen LogP) is 1.76. The van der Waals surface area contributed by atoms with Gasteiger partial charge in [0.2, 0.25) is 0 Å². The average molecular weight is 337 g/mol. The van der Waals surface area contributed by atoms with Gasteiger partial charge in [-0.15, -0.1) is 0 Å². The Morgan fingerprint density at radius 1 is 1.30 bits per heavy atom. The normalized spacial score (nSPS) is 15.2. The first kappa shape index (κ1) is 15.6. The number of hydrogen-bond donors (Lipinski definition) is 3. The van der Waals surface area contributed by atoms with Gasteiger partial charge in [0.05, 0.1) is 17.8 Å². The lowest BCUT2D eigenvalue weighted by Crippen LogP contribution is -2.48. The number of carboxylic acid groups (broad SMARTS) is 1. The smallest absolute Gasteiger partial charge is 0.407 e. The topological polar surface area (TPSA) is 103 Å². The minimum absolute atomic E-state index is 0.215. The van der Waals surface area contributed by atoms with Crippen molar-refractivity contribution < 1.29 is 15.0 Å². The highest BCUT2D eigenvalue weighted by atomic mass is 35.5. The van der Waals surface area contributed by atoms with Gasteiger partial charge in [-0.3, -0.25) is 0 Å². The molecule has 1 amide bonds. The van der Waals surface area contributed by atoms with Gasteiger partial charge in [0, 0.05) is 42.2 Å². The number of piperazine rings is 1. The van der Waals surface area contributed by atoms with E-state index < -0.39 is 6.09 Å². The number of amides is 1. The van der Waals surface area contributed by atoms with Gasteiger partial charge in [-0.2, -0.15) is 0 Å². The third kappa shape index (κ3) is 2.85. The summed E-state index contributed by atoms with van der Waals surface area (Å²) in [5.41, 5.74) is 7.89. The monoisotopic (exact) mass is 336 g/mol. The molecule has 2 aromatic rings. The maximum absolute atomic E-state index is 11.0. The van der Waals surface area contributed by atoms with Crippen molar-refractivity contribution in [3.05, 3.63) is 28.8 Å². The molecule has 2 heterocycles. The summed E-state index contributed by atoms with van der Waals surface area (Å²) in [5, 5.41) is 20.0. The summed E-state index contributed by atoms with van der Waals surface area (Å²) >= 11 is 6.01. The summed E-state index contributed by atoms with van der Waals surface area (Å²) in [6.45, 7) is 1.58. The first-order valence-electron chi connectivity index (χ1n) is 7.22. The zero-order valence-corrected chi connectivity index (χ0v) is 13.1. The largest absolute Gasteiger partial charge is 0.465 e. The van der Waals surface area contributed by atoms with E-state index in [0.717, 1.165) is 5.39 Å². The average Bonchev–Trinajstić information content (AvgIpc) is 2.54. The van der Waals surface area contributed by atoms with Crippen molar-refractivity contribution in [3.8, 4) is 0 Å². The van der Waals surface area contributed by atoms with Gasteiger partial charge in [0.25, 0.3) is 0 Å². The number of nitrogens with two attached hydrogens (primary N) is 1. The van der Waals surface area contributed by atoms with E-state index in [2.05, 4.69) is 4.98 Å². The molecule has 1 aliphatic heterocycles. The highest BCUT2D eigenvalue weighted by molar-refractivity contribution is 6.31. The number of aliphatic hydroxyl groups is 1. The summed E-state index contributed by atoms with van der Waals surface area (Å²) in [6.07, 6.45) is -0.921. The lowest BCUT2D eigenvalue weighted by atomic mass is 10.1. The Morgan fingerprint density at radius 2 is 2.00 bits per heavy atom. The molecule has 0 saturated carbocycles. The number of aromatic nitrogens is 1. The minimum atomic E-state index is -0.921. The number of aliphatic hydroxyl groups excluding tert-OH is 1. The predicted molar refractivity (Wildman–Crippen MR) is 88.9 cm³/mol. The van der Waals surface area contributed by atoms with Gasteiger partial charge in [-0.25, -0.2) is 9.78 Å². The summed E-state index contributed by atoms with van der Waals surface area (Å²) in [6, 6.07) is 5.26. The summed E-state index contributed by atoms with van der Waals surface area (Å²) in [5.74, 6) is 0.578. The zero-order valence-electron chi connectivity index (χ0n) is 12.4. The van der Waals surface area contributed by atoms with Crippen LogP contribution in [0.15, 0.2) is 18.2 Å². The lowest BCUT2D eigenvalue weighted by molar-refractivity contribution is 0.142. The van der Waals surface area contributed by atoms with Crippen molar-refractivity contribution in [1.82, 2.24) is 9.88 Å². The quantitative estimate of drug-likeness (QED) is 0.772. The van der Waals surface area contributed by atoms with Crippen molar-refractivity contribution in [2.24, 2.45) is 0 Å². The van der Waals surface area contributed by atoms with Crippen molar-refractivity contribution in [2.75, 3.05) is 36.8 Å². The van der Waals surface area contributed by atoms with Gasteiger partial charge in [-0.1, -0.05) is 11.6 Å². The summed E-state index contributed by atoms with van der Waals surface area (Å²) in [4.78, 5) is 18.9. The number of anilines is 2. The minimum Gasteiger partial charge on any atom is -0.465 e. The number of carbonyl (C=O) groups is 1. The molecular weight excluding hydrogens is 320 g/mol. The molecule has 1 fully saturated rings. The van der Waals surface area contributed by atoms with Gasteiger partial charge < -0.3 is 25.7 Å². The SMILES string of the molecule is Nc1c(N2CCN(C(=O)O)CC2)nc2ccc(Cl)cc2c1CO. The van der Waals surface area contributed by atoms with Crippen LogP contribution < -0.4 is 10.6 Å². The molecule has 1 saturated heterocycles. The fourth-order valence-electron chi connectivity index (χ4n) is 2.82. The first-order chi connectivity index (χ1) is 11.0. The second kappa shape index (κ2) is 6.10. The Labute approximate surface area is 137 Å². The van der Waals surface area contributed by atoms with Crippen LogP contribution in [0.2, 0.25) is 5.02 Å². The molecule has 0 unspecified atom stereocenters. The standard InChI is InChI=1S/C15H17ClN4O3/c16-9-1-2-12-10(7-9)11(8-21)13(17)14(18-12)19-3-5-20(6-4-19)15(22)23/h1-2,7,21H,3-6,8,17H2,(H,22,23). The van der Waals surface area contributed by atoms with Crippen LogP contribution in [0.1, 0.15) is 5.56 Å². The van der Waals surface area contributed by atoms with Gasteiger partial charge in [-0.05, 0) is 18.2 Å². The van der Waals surface area contributed by atoms with E-state index in [0.29, 0.717) is 53.8 Å². The number of halogens is 1. The fraction of sp³-hybridized carbons (Fsp3) is 0.333. The molecule has 1 aromatic carbocycles. The Morgan fingerprint density at radius 3 is 2.61 bits per heavy atom. The molecule has 23 heavy (non-hydrogen) atoms. The number of fused-ring (bicyclic) bond motifs is 1. The molecule has 1 aliphatic rings. The zero-order chi connectivity index (χ0) is 16.6. The van der Waals surface area contributed by atoms with Crippen molar-refractivity contribution >= 4 is 40.1 Å². The lowest BCUT2D eigenvalue weighted by Gasteiger charge is -2.34. The molecule has 0 bridgehead atoms. The molecule has 0 radical (unpaired) electrons. The van der Waals surface area contributed by atoms with Crippen molar-refractivity contribution in [2.45, 2.75) is 6.61 Å². The molecule has 1 aromatic heterocycles. The van der Waals surface area contributed by atoms with Crippen LogP contribution in [0.5, 0.6) is 0 Å².